The van der Waals surface area contributed by atoms with Crippen molar-refractivity contribution in [3.8, 4) is 22.3 Å². The maximum atomic E-state index is 6.44. The van der Waals surface area contributed by atoms with Crippen LogP contribution in [0.5, 0.6) is 0 Å². The lowest BCUT2D eigenvalue weighted by Gasteiger charge is -2.23. The Hall–Kier alpha value is -3.09. The zero-order valence-corrected chi connectivity index (χ0v) is 16.8. The molecular weight excluding hydrogens is 372 g/mol. The summed E-state index contributed by atoms with van der Waals surface area (Å²) in [7, 11) is 0. The second kappa shape index (κ2) is 7.73. The molecule has 0 radical (unpaired) electrons. The SMILES string of the molecule is Clc1cc(-c2ccccc2)cc(-c2ccc(C3=CC4C=CC=CC4C=C3)cc2)c1. The molecule has 3 aromatic rings. The van der Waals surface area contributed by atoms with Gasteiger partial charge in [-0.3, -0.25) is 0 Å². The smallest absolute Gasteiger partial charge is 0.0418 e. The van der Waals surface area contributed by atoms with E-state index in [1.165, 1.54) is 22.3 Å². The van der Waals surface area contributed by atoms with Crippen LogP contribution in [-0.2, 0) is 0 Å². The predicted molar refractivity (Wildman–Crippen MR) is 125 cm³/mol. The van der Waals surface area contributed by atoms with Crippen LogP contribution in [0.4, 0.5) is 0 Å². The van der Waals surface area contributed by atoms with E-state index in [0.717, 1.165) is 16.1 Å². The Balaban J connectivity index is 1.45. The molecule has 0 N–H and O–H groups in total. The van der Waals surface area contributed by atoms with Crippen LogP contribution in [-0.4, -0.2) is 0 Å². The lowest BCUT2D eigenvalue weighted by atomic mass is 9.81. The summed E-state index contributed by atoms with van der Waals surface area (Å²) >= 11 is 6.44. The maximum absolute atomic E-state index is 6.44. The van der Waals surface area contributed by atoms with E-state index in [2.05, 4.69) is 97.1 Å². The minimum Gasteiger partial charge on any atom is -0.0843 e. The number of rotatable bonds is 3. The first-order chi connectivity index (χ1) is 14.3. The fourth-order valence-electron chi connectivity index (χ4n) is 4.08. The average Bonchev–Trinajstić information content (AvgIpc) is 2.79. The van der Waals surface area contributed by atoms with Gasteiger partial charge in [0.1, 0.15) is 0 Å². The predicted octanol–water partition coefficient (Wildman–Crippen LogP) is 7.99. The summed E-state index contributed by atoms with van der Waals surface area (Å²) in [6.07, 6.45) is 15.7. The molecule has 0 spiro atoms. The minimum atomic E-state index is 0.459. The van der Waals surface area contributed by atoms with E-state index in [9.17, 15) is 0 Å². The van der Waals surface area contributed by atoms with Gasteiger partial charge in [-0.1, -0.05) is 109 Å². The number of halogens is 1. The van der Waals surface area contributed by atoms with Crippen LogP contribution >= 0.6 is 11.6 Å². The van der Waals surface area contributed by atoms with Crippen molar-refractivity contribution in [2.24, 2.45) is 11.8 Å². The van der Waals surface area contributed by atoms with E-state index in [1.54, 1.807) is 0 Å². The first-order valence-corrected chi connectivity index (χ1v) is 10.4. The zero-order chi connectivity index (χ0) is 19.6. The Morgan fingerprint density at radius 3 is 1.90 bits per heavy atom. The monoisotopic (exact) mass is 392 g/mol. The van der Waals surface area contributed by atoms with Gasteiger partial charge in [0.2, 0.25) is 0 Å². The molecule has 0 heterocycles. The van der Waals surface area contributed by atoms with Crippen LogP contribution in [0.1, 0.15) is 5.56 Å². The van der Waals surface area contributed by atoms with E-state index in [1.807, 2.05) is 18.2 Å². The van der Waals surface area contributed by atoms with Crippen molar-refractivity contribution in [3.63, 3.8) is 0 Å². The van der Waals surface area contributed by atoms with Crippen molar-refractivity contribution in [3.05, 3.63) is 126 Å². The van der Waals surface area contributed by atoms with E-state index in [0.29, 0.717) is 11.8 Å². The quantitative estimate of drug-likeness (QED) is 0.423. The fourth-order valence-corrected chi connectivity index (χ4v) is 4.31. The molecule has 0 aliphatic heterocycles. The molecule has 5 rings (SSSR count). The van der Waals surface area contributed by atoms with Crippen molar-refractivity contribution >= 4 is 17.2 Å². The van der Waals surface area contributed by atoms with Crippen LogP contribution in [0.3, 0.4) is 0 Å². The van der Waals surface area contributed by atoms with Crippen LogP contribution < -0.4 is 0 Å². The largest absolute Gasteiger partial charge is 0.0843 e. The van der Waals surface area contributed by atoms with E-state index in [-0.39, 0.29) is 0 Å². The Labute approximate surface area is 177 Å². The summed E-state index contributed by atoms with van der Waals surface area (Å²) in [5.41, 5.74) is 7.15. The van der Waals surface area contributed by atoms with Gasteiger partial charge in [-0.2, -0.15) is 0 Å². The second-order valence-corrected chi connectivity index (χ2v) is 8.01. The third-order valence-electron chi connectivity index (χ3n) is 5.65. The summed E-state index contributed by atoms with van der Waals surface area (Å²) in [4.78, 5) is 0. The summed E-state index contributed by atoms with van der Waals surface area (Å²) < 4.78 is 0. The number of benzene rings is 3. The van der Waals surface area contributed by atoms with Gasteiger partial charge in [-0.25, -0.2) is 0 Å². The summed E-state index contributed by atoms with van der Waals surface area (Å²) in [5, 5.41) is 0.756. The number of hydrogen-bond acceptors (Lipinski definition) is 0. The molecule has 0 nitrogen and oxygen atoms in total. The molecule has 0 saturated carbocycles. The Bertz CT molecular complexity index is 1140. The molecular formula is C28H21Cl. The van der Waals surface area contributed by atoms with Crippen molar-refractivity contribution in [2.75, 3.05) is 0 Å². The Kier molecular flexibility index (Phi) is 4.79. The van der Waals surface area contributed by atoms with Crippen molar-refractivity contribution in [1.82, 2.24) is 0 Å². The minimum absolute atomic E-state index is 0.459. The van der Waals surface area contributed by atoms with E-state index < -0.39 is 0 Å². The molecule has 2 unspecified atom stereocenters. The highest BCUT2D eigenvalue weighted by Crippen LogP contribution is 2.34. The highest BCUT2D eigenvalue weighted by Gasteiger charge is 2.18. The molecule has 3 aromatic carbocycles. The Morgan fingerprint density at radius 1 is 0.552 bits per heavy atom. The van der Waals surface area contributed by atoms with Crippen molar-refractivity contribution < 1.29 is 0 Å². The normalized spacial score (nSPS) is 19.7. The van der Waals surface area contributed by atoms with Crippen molar-refractivity contribution in [1.29, 1.82) is 0 Å². The molecule has 140 valence electrons. The summed E-state index contributed by atoms with van der Waals surface area (Å²) in [6.45, 7) is 0. The summed E-state index contributed by atoms with van der Waals surface area (Å²) in [6, 6.07) is 25.4. The summed E-state index contributed by atoms with van der Waals surface area (Å²) in [5.74, 6) is 0.951. The van der Waals surface area contributed by atoms with Crippen LogP contribution in [0, 0.1) is 11.8 Å². The van der Waals surface area contributed by atoms with Gasteiger partial charge in [-0.05, 0) is 51.6 Å². The van der Waals surface area contributed by atoms with Crippen LogP contribution in [0.25, 0.3) is 27.8 Å². The molecule has 0 amide bonds. The van der Waals surface area contributed by atoms with Gasteiger partial charge in [0.15, 0.2) is 0 Å². The third kappa shape index (κ3) is 3.77. The van der Waals surface area contributed by atoms with Crippen LogP contribution in [0.15, 0.2) is 115 Å². The van der Waals surface area contributed by atoms with Crippen LogP contribution in [0.2, 0.25) is 5.02 Å². The number of hydrogen-bond donors (Lipinski definition) is 0. The fraction of sp³-hybridized carbons (Fsp3) is 0.0714. The second-order valence-electron chi connectivity index (χ2n) is 7.58. The molecule has 0 bridgehead atoms. The highest BCUT2D eigenvalue weighted by atomic mass is 35.5. The first kappa shape index (κ1) is 18.0. The van der Waals surface area contributed by atoms with E-state index >= 15 is 0 Å². The lowest BCUT2D eigenvalue weighted by molar-refractivity contribution is 0.663. The number of fused-ring (bicyclic) bond motifs is 1. The molecule has 29 heavy (non-hydrogen) atoms. The first-order valence-electron chi connectivity index (χ1n) is 9.98. The molecule has 0 aromatic heterocycles. The van der Waals surface area contributed by atoms with E-state index in [4.69, 9.17) is 11.6 Å². The van der Waals surface area contributed by atoms with Crippen molar-refractivity contribution in [2.45, 2.75) is 0 Å². The average molecular weight is 393 g/mol. The van der Waals surface area contributed by atoms with Gasteiger partial charge in [-0.15, -0.1) is 0 Å². The molecule has 0 fully saturated rings. The standard InChI is InChI=1S/C28H21Cl/c29-28-18-26(20-6-2-1-3-7-20)17-27(19-28)23-12-10-22(11-13-23)25-15-14-21-8-4-5-9-24(21)16-25/h1-19,21,24H. The van der Waals surface area contributed by atoms with Gasteiger partial charge in [0, 0.05) is 16.9 Å². The Morgan fingerprint density at radius 2 is 1.17 bits per heavy atom. The zero-order valence-electron chi connectivity index (χ0n) is 16.0. The van der Waals surface area contributed by atoms with Gasteiger partial charge in [0.05, 0.1) is 0 Å². The molecule has 2 aliphatic carbocycles. The topological polar surface area (TPSA) is 0 Å². The lowest BCUT2D eigenvalue weighted by Crippen LogP contribution is -2.11. The molecule has 1 heteroatoms. The third-order valence-corrected chi connectivity index (χ3v) is 5.87. The van der Waals surface area contributed by atoms with Gasteiger partial charge >= 0.3 is 0 Å². The molecule has 2 atom stereocenters. The molecule has 0 saturated heterocycles. The maximum Gasteiger partial charge on any atom is 0.0418 e. The van der Waals surface area contributed by atoms with Gasteiger partial charge < -0.3 is 0 Å². The molecule has 2 aliphatic rings. The highest BCUT2D eigenvalue weighted by molar-refractivity contribution is 6.31. The van der Waals surface area contributed by atoms with Gasteiger partial charge in [0.25, 0.3) is 0 Å². The number of allylic oxidation sites excluding steroid dienone is 8.